The van der Waals surface area contributed by atoms with Crippen molar-refractivity contribution in [1.29, 1.82) is 0 Å². The van der Waals surface area contributed by atoms with Gasteiger partial charge in [-0.15, -0.1) is 0 Å². The van der Waals surface area contributed by atoms with Gasteiger partial charge in [0.05, 0.1) is 0 Å². The van der Waals surface area contributed by atoms with Crippen LogP contribution in [0.4, 0.5) is 0 Å². The Bertz CT molecular complexity index is 194. The fourth-order valence-corrected chi connectivity index (χ4v) is 0.801. The van der Waals surface area contributed by atoms with Crippen molar-refractivity contribution in [2.24, 2.45) is 5.41 Å². The molecule has 1 N–H and O–H groups in total. The molecule has 0 aliphatic heterocycles. The molecule has 0 aromatic rings. The molecule has 0 rings (SSSR count). The van der Waals surface area contributed by atoms with E-state index in [1.807, 2.05) is 0 Å². The zero-order valence-corrected chi connectivity index (χ0v) is 9.70. The van der Waals surface area contributed by atoms with E-state index in [9.17, 15) is 0 Å². The van der Waals surface area contributed by atoms with Gasteiger partial charge >= 0.3 is 0 Å². The number of allylic oxidation sites excluding steroid dienone is 2. The Balaban J connectivity index is 4.05. The first-order valence-electron chi connectivity index (χ1n) is 4.99. The molecule has 0 aromatic carbocycles. The molecule has 0 amide bonds. The monoisotopic (exact) mass is 181 g/mol. The molecular formula is C12H23N. The molecule has 0 aliphatic carbocycles. The quantitative estimate of drug-likeness (QED) is 0.695. The number of hydrogen-bond acceptors (Lipinski definition) is 1. The molecule has 0 aromatic heterocycles. The predicted molar refractivity (Wildman–Crippen MR) is 60.4 cm³/mol. The average Bonchev–Trinajstić information content (AvgIpc) is 1.99. The van der Waals surface area contributed by atoms with Crippen molar-refractivity contribution >= 4 is 0 Å². The van der Waals surface area contributed by atoms with Gasteiger partial charge in [0.2, 0.25) is 0 Å². The van der Waals surface area contributed by atoms with E-state index in [4.69, 9.17) is 0 Å². The lowest BCUT2D eigenvalue weighted by Crippen LogP contribution is -2.11. The smallest absolute Gasteiger partial charge is 0.00732 e. The van der Waals surface area contributed by atoms with Crippen LogP contribution in [-0.4, -0.2) is 0 Å². The van der Waals surface area contributed by atoms with E-state index < -0.39 is 0 Å². The van der Waals surface area contributed by atoms with E-state index in [1.165, 1.54) is 5.57 Å². The first kappa shape index (κ1) is 12.3. The van der Waals surface area contributed by atoms with Gasteiger partial charge in [-0.1, -0.05) is 46.3 Å². The molecule has 0 aliphatic rings. The SMILES string of the molecule is C=C(CCC)N/C=C(\C)C(C)(C)C. The zero-order chi connectivity index (χ0) is 10.5. The topological polar surface area (TPSA) is 12.0 Å². The van der Waals surface area contributed by atoms with Crippen LogP contribution < -0.4 is 5.32 Å². The molecule has 0 saturated carbocycles. The third-order valence-corrected chi connectivity index (χ3v) is 2.23. The standard InChI is InChI=1S/C12H23N/c1-7-8-11(3)13-9-10(2)12(4,5)6/h9,13H,3,7-8H2,1-2,4-6H3/b10-9+. The maximum Gasteiger partial charge on any atom is 0.00732 e. The Hall–Kier alpha value is -0.720. The Morgan fingerprint density at radius 2 is 1.92 bits per heavy atom. The first-order valence-corrected chi connectivity index (χ1v) is 4.99. The van der Waals surface area contributed by atoms with E-state index in [0.29, 0.717) is 0 Å². The lowest BCUT2D eigenvalue weighted by Gasteiger charge is -2.19. The van der Waals surface area contributed by atoms with E-state index in [2.05, 4.69) is 52.7 Å². The van der Waals surface area contributed by atoms with Crippen LogP contribution in [0.2, 0.25) is 0 Å². The summed E-state index contributed by atoms with van der Waals surface area (Å²) in [6.45, 7) is 14.9. The molecule has 0 spiro atoms. The summed E-state index contributed by atoms with van der Waals surface area (Å²) >= 11 is 0. The summed E-state index contributed by atoms with van der Waals surface area (Å²) < 4.78 is 0. The van der Waals surface area contributed by atoms with Crippen LogP contribution in [0.25, 0.3) is 0 Å². The lowest BCUT2D eigenvalue weighted by molar-refractivity contribution is 0.500. The molecule has 0 fully saturated rings. The highest BCUT2D eigenvalue weighted by Gasteiger charge is 2.11. The van der Waals surface area contributed by atoms with E-state index >= 15 is 0 Å². The van der Waals surface area contributed by atoms with Crippen LogP contribution in [-0.2, 0) is 0 Å². The van der Waals surface area contributed by atoms with Crippen molar-refractivity contribution in [2.75, 3.05) is 0 Å². The summed E-state index contributed by atoms with van der Waals surface area (Å²) in [5.41, 5.74) is 2.70. The zero-order valence-electron chi connectivity index (χ0n) is 9.70. The summed E-state index contributed by atoms with van der Waals surface area (Å²) in [6, 6.07) is 0. The molecule has 76 valence electrons. The first-order chi connectivity index (χ1) is 5.88. The molecule has 0 radical (unpaired) electrons. The molecular weight excluding hydrogens is 158 g/mol. The Labute approximate surface area is 82.9 Å². The fraction of sp³-hybridized carbons (Fsp3) is 0.667. The van der Waals surface area contributed by atoms with Gasteiger partial charge in [0.1, 0.15) is 0 Å². The number of hydrogen-bond donors (Lipinski definition) is 1. The summed E-state index contributed by atoms with van der Waals surface area (Å²) in [4.78, 5) is 0. The van der Waals surface area contributed by atoms with Gasteiger partial charge in [-0.3, -0.25) is 0 Å². The van der Waals surface area contributed by atoms with Crippen LogP contribution in [0.5, 0.6) is 0 Å². The second-order valence-corrected chi connectivity index (χ2v) is 4.58. The molecule has 0 saturated heterocycles. The largest absolute Gasteiger partial charge is 0.366 e. The highest BCUT2D eigenvalue weighted by atomic mass is 14.8. The molecule has 0 unspecified atom stereocenters. The molecule has 0 heterocycles. The third kappa shape index (κ3) is 5.51. The molecule has 1 heteroatoms. The van der Waals surface area contributed by atoms with Crippen LogP contribution in [0.1, 0.15) is 47.5 Å². The van der Waals surface area contributed by atoms with Gasteiger partial charge in [-0.2, -0.15) is 0 Å². The molecule has 1 nitrogen and oxygen atoms in total. The van der Waals surface area contributed by atoms with Crippen molar-refractivity contribution in [3.05, 3.63) is 24.0 Å². The van der Waals surface area contributed by atoms with E-state index in [0.717, 1.165) is 18.5 Å². The number of nitrogens with one attached hydrogen (secondary N) is 1. The molecule has 0 bridgehead atoms. The minimum Gasteiger partial charge on any atom is -0.366 e. The fourth-order valence-electron chi connectivity index (χ4n) is 0.801. The minimum absolute atomic E-state index is 0.249. The average molecular weight is 181 g/mol. The second kappa shape index (κ2) is 5.11. The molecule has 0 atom stereocenters. The minimum atomic E-state index is 0.249. The van der Waals surface area contributed by atoms with Crippen LogP contribution in [0.3, 0.4) is 0 Å². The summed E-state index contributed by atoms with van der Waals surface area (Å²) in [6.07, 6.45) is 4.26. The highest BCUT2D eigenvalue weighted by molar-refractivity contribution is 5.09. The summed E-state index contributed by atoms with van der Waals surface area (Å²) in [7, 11) is 0. The number of rotatable bonds is 4. The Kier molecular flexibility index (Phi) is 4.82. The van der Waals surface area contributed by atoms with Crippen LogP contribution >= 0.6 is 0 Å². The van der Waals surface area contributed by atoms with Gasteiger partial charge in [0.15, 0.2) is 0 Å². The van der Waals surface area contributed by atoms with Crippen molar-refractivity contribution < 1.29 is 0 Å². The highest BCUT2D eigenvalue weighted by Crippen LogP contribution is 2.23. The molecule has 13 heavy (non-hydrogen) atoms. The lowest BCUT2D eigenvalue weighted by atomic mass is 9.88. The van der Waals surface area contributed by atoms with Crippen molar-refractivity contribution in [3.63, 3.8) is 0 Å². The van der Waals surface area contributed by atoms with Gasteiger partial charge in [0, 0.05) is 11.9 Å². The van der Waals surface area contributed by atoms with Gasteiger partial charge < -0.3 is 5.32 Å². The van der Waals surface area contributed by atoms with E-state index in [1.54, 1.807) is 0 Å². The maximum absolute atomic E-state index is 3.94. The van der Waals surface area contributed by atoms with Gasteiger partial charge in [0.25, 0.3) is 0 Å². The van der Waals surface area contributed by atoms with E-state index in [-0.39, 0.29) is 5.41 Å². The summed E-state index contributed by atoms with van der Waals surface area (Å²) in [5.74, 6) is 0. The normalized spacial score (nSPS) is 12.8. The summed E-state index contributed by atoms with van der Waals surface area (Å²) in [5, 5.41) is 3.23. The van der Waals surface area contributed by atoms with Gasteiger partial charge in [-0.25, -0.2) is 0 Å². The van der Waals surface area contributed by atoms with Crippen molar-refractivity contribution in [2.45, 2.75) is 47.5 Å². The van der Waals surface area contributed by atoms with Crippen LogP contribution in [0, 0.1) is 5.41 Å². The van der Waals surface area contributed by atoms with Crippen LogP contribution in [0.15, 0.2) is 24.0 Å². The van der Waals surface area contributed by atoms with Crippen molar-refractivity contribution in [1.82, 2.24) is 5.32 Å². The maximum atomic E-state index is 3.94. The Morgan fingerprint density at radius 3 is 2.31 bits per heavy atom. The predicted octanol–water partition coefficient (Wildman–Crippen LogP) is 3.84. The van der Waals surface area contributed by atoms with Crippen molar-refractivity contribution in [3.8, 4) is 0 Å². The Morgan fingerprint density at radius 1 is 1.38 bits per heavy atom. The third-order valence-electron chi connectivity index (χ3n) is 2.23. The second-order valence-electron chi connectivity index (χ2n) is 4.58. The van der Waals surface area contributed by atoms with Gasteiger partial charge in [-0.05, 0) is 18.8 Å².